The molecule has 0 bridgehead atoms. The molecule has 1 heterocycles. The van der Waals surface area contributed by atoms with Gasteiger partial charge in [0.05, 0.1) is 6.54 Å². The second kappa shape index (κ2) is 4.09. The summed E-state index contributed by atoms with van der Waals surface area (Å²) in [6.45, 7) is 3.16. The summed E-state index contributed by atoms with van der Waals surface area (Å²) in [5.74, 6) is 1.90. The van der Waals surface area contributed by atoms with Gasteiger partial charge in [-0.25, -0.2) is 0 Å². The molecule has 0 spiro atoms. The third-order valence-electron chi connectivity index (χ3n) is 3.05. The second-order valence-corrected chi connectivity index (χ2v) is 4.35. The predicted octanol–water partition coefficient (Wildman–Crippen LogP) is 1.09. The van der Waals surface area contributed by atoms with Crippen LogP contribution in [-0.2, 0) is 13.6 Å². The zero-order valence-corrected chi connectivity index (χ0v) is 8.90. The lowest BCUT2D eigenvalue weighted by molar-refractivity contribution is 0.488. The molecule has 1 aromatic heterocycles. The fourth-order valence-corrected chi connectivity index (χ4v) is 2.10. The fraction of sp³-hybridized carbons (Fsp3) is 0.800. The maximum atomic E-state index is 4.05. The first-order valence-corrected chi connectivity index (χ1v) is 5.32. The van der Waals surface area contributed by atoms with Crippen molar-refractivity contribution in [1.29, 1.82) is 0 Å². The maximum Gasteiger partial charge on any atom is 0.146 e. The van der Waals surface area contributed by atoms with Crippen molar-refractivity contribution in [3.05, 3.63) is 12.2 Å². The normalized spacial score (nSPS) is 27.0. The number of rotatable bonds is 3. The van der Waals surface area contributed by atoms with E-state index < -0.39 is 0 Å². The third-order valence-corrected chi connectivity index (χ3v) is 3.05. The highest BCUT2D eigenvalue weighted by molar-refractivity contribution is 4.86. The lowest BCUT2D eigenvalue weighted by Gasteiger charge is -2.11. The van der Waals surface area contributed by atoms with Crippen molar-refractivity contribution in [2.75, 3.05) is 0 Å². The predicted molar refractivity (Wildman–Crippen MR) is 54.6 cm³/mol. The summed E-state index contributed by atoms with van der Waals surface area (Å²) in [6.07, 6.45) is 5.71. The number of aromatic nitrogens is 3. The Labute approximate surface area is 84.7 Å². The van der Waals surface area contributed by atoms with Crippen molar-refractivity contribution in [2.45, 2.75) is 38.8 Å². The Kier molecular flexibility index (Phi) is 2.82. The van der Waals surface area contributed by atoms with Crippen molar-refractivity contribution < 1.29 is 0 Å². The van der Waals surface area contributed by atoms with E-state index in [0.717, 1.165) is 18.3 Å². The van der Waals surface area contributed by atoms with Crippen LogP contribution in [-0.4, -0.2) is 20.8 Å². The van der Waals surface area contributed by atoms with Gasteiger partial charge in [0, 0.05) is 13.1 Å². The molecule has 2 atom stereocenters. The lowest BCUT2D eigenvalue weighted by Crippen LogP contribution is -2.27. The van der Waals surface area contributed by atoms with Gasteiger partial charge in [0.1, 0.15) is 12.2 Å². The van der Waals surface area contributed by atoms with Crippen LogP contribution < -0.4 is 5.32 Å². The van der Waals surface area contributed by atoms with Crippen molar-refractivity contribution in [3.63, 3.8) is 0 Å². The highest BCUT2D eigenvalue weighted by atomic mass is 15.3. The largest absolute Gasteiger partial charge is 0.320 e. The van der Waals surface area contributed by atoms with Gasteiger partial charge in [0.15, 0.2) is 0 Å². The lowest BCUT2D eigenvalue weighted by atomic mass is 10.1. The molecule has 4 nitrogen and oxygen atoms in total. The Balaban J connectivity index is 1.80. The molecule has 2 rings (SSSR count). The Morgan fingerprint density at radius 1 is 1.57 bits per heavy atom. The zero-order valence-electron chi connectivity index (χ0n) is 8.90. The summed E-state index contributed by atoms with van der Waals surface area (Å²) in [6, 6.07) is 0.682. The average Bonchev–Trinajstić information content (AvgIpc) is 2.72. The molecule has 0 radical (unpaired) electrons. The molecule has 14 heavy (non-hydrogen) atoms. The van der Waals surface area contributed by atoms with E-state index >= 15 is 0 Å². The SMILES string of the molecule is CC1CCC(NCc2nncn2C)C1. The standard InChI is InChI=1S/C10H18N4/c1-8-3-4-9(5-8)11-6-10-13-12-7-14(10)2/h7-9,11H,3-6H2,1-2H3. The van der Waals surface area contributed by atoms with Crippen LogP contribution in [0.4, 0.5) is 0 Å². The van der Waals surface area contributed by atoms with Gasteiger partial charge in [0.2, 0.25) is 0 Å². The third kappa shape index (κ3) is 2.12. The van der Waals surface area contributed by atoms with Crippen LogP contribution in [0.5, 0.6) is 0 Å². The first-order valence-electron chi connectivity index (χ1n) is 5.32. The molecule has 1 aliphatic rings. The van der Waals surface area contributed by atoms with Crippen molar-refractivity contribution >= 4 is 0 Å². The Morgan fingerprint density at radius 2 is 2.43 bits per heavy atom. The summed E-state index contributed by atoms with van der Waals surface area (Å²) < 4.78 is 1.96. The molecule has 1 aliphatic carbocycles. The highest BCUT2D eigenvalue weighted by Crippen LogP contribution is 2.24. The summed E-state index contributed by atoms with van der Waals surface area (Å²) in [7, 11) is 1.98. The topological polar surface area (TPSA) is 42.7 Å². The molecule has 0 amide bonds. The molecule has 1 fully saturated rings. The van der Waals surface area contributed by atoms with E-state index in [9.17, 15) is 0 Å². The monoisotopic (exact) mass is 194 g/mol. The molecule has 1 aromatic rings. The van der Waals surface area contributed by atoms with Gasteiger partial charge in [-0.3, -0.25) is 0 Å². The Morgan fingerprint density at radius 3 is 3.00 bits per heavy atom. The number of nitrogens with zero attached hydrogens (tertiary/aromatic N) is 3. The molecule has 0 aliphatic heterocycles. The van der Waals surface area contributed by atoms with Gasteiger partial charge in [-0.2, -0.15) is 0 Å². The zero-order chi connectivity index (χ0) is 9.97. The Hall–Kier alpha value is -0.900. The molecule has 0 saturated heterocycles. The van der Waals surface area contributed by atoms with Gasteiger partial charge in [0.25, 0.3) is 0 Å². The van der Waals surface area contributed by atoms with Crippen LogP contribution >= 0.6 is 0 Å². The van der Waals surface area contributed by atoms with E-state index in [1.165, 1.54) is 19.3 Å². The van der Waals surface area contributed by atoms with Crippen molar-refractivity contribution in [1.82, 2.24) is 20.1 Å². The van der Waals surface area contributed by atoms with Crippen LogP contribution in [0.15, 0.2) is 6.33 Å². The van der Waals surface area contributed by atoms with E-state index in [2.05, 4.69) is 22.4 Å². The molecule has 78 valence electrons. The fourth-order valence-electron chi connectivity index (χ4n) is 2.10. The minimum absolute atomic E-state index is 0.682. The van der Waals surface area contributed by atoms with Crippen molar-refractivity contribution in [2.24, 2.45) is 13.0 Å². The number of aryl methyl sites for hydroxylation is 1. The number of hydrogen-bond acceptors (Lipinski definition) is 3. The summed E-state index contributed by atoms with van der Waals surface area (Å²) >= 11 is 0. The Bertz CT molecular complexity index is 294. The van der Waals surface area contributed by atoms with Gasteiger partial charge in [-0.1, -0.05) is 6.92 Å². The smallest absolute Gasteiger partial charge is 0.146 e. The summed E-state index contributed by atoms with van der Waals surface area (Å²) in [4.78, 5) is 0. The minimum atomic E-state index is 0.682. The molecule has 0 aromatic carbocycles. The molecule has 1 N–H and O–H groups in total. The minimum Gasteiger partial charge on any atom is -0.320 e. The summed E-state index contributed by atoms with van der Waals surface area (Å²) in [5.41, 5.74) is 0. The van der Waals surface area contributed by atoms with Gasteiger partial charge in [-0.15, -0.1) is 10.2 Å². The van der Waals surface area contributed by atoms with Gasteiger partial charge < -0.3 is 9.88 Å². The van der Waals surface area contributed by atoms with E-state index in [-0.39, 0.29) is 0 Å². The molecule has 2 unspecified atom stereocenters. The number of hydrogen-bond donors (Lipinski definition) is 1. The van der Waals surface area contributed by atoms with E-state index in [1.807, 2.05) is 11.6 Å². The van der Waals surface area contributed by atoms with Gasteiger partial charge >= 0.3 is 0 Å². The van der Waals surface area contributed by atoms with Crippen LogP contribution in [0.1, 0.15) is 32.0 Å². The first kappa shape index (κ1) is 9.65. The van der Waals surface area contributed by atoms with Crippen LogP contribution in [0.25, 0.3) is 0 Å². The van der Waals surface area contributed by atoms with Gasteiger partial charge in [-0.05, 0) is 25.2 Å². The molecular weight excluding hydrogens is 176 g/mol. The molecule has 1 saturated carbocycles. The number of nitrogens with one attached hydrogen (secondary N) is 1. The molecule has 4 heteroatoms. The van der Waals surface area contributed by atoms with Crippen molar-refractivity contribution in [3.8, 4) is 0 Å². The average molecular weight is 194 g/mol. The van der Waals surface area contributed by atoms with E-state index in [1.54, 1.807) is 6.33 Å². The molecular formula is C10H18N4. The van der Waals surface area contributed by atoms with Crippen LogP contribution in [0, 0.1) is 5.92 Å². The maximum absolute atomic E-state index is 4.05. The van der Waals surface area contributed by atoms with Crippen LogP contribution in [0.2, 0.25) is 0 Å². The van der Waals surface area contributed by atoms with E-state index in [4.69, 9.17) is 0 Å². The first-order chi connectivity index (χ1) is 6.75. The second-order valence-electron chi connectivity index (χ2n) is 4.35. The summed E-state index contributed by atoms with van der Waals surface area (Å²) in [5, 5.41) is 11.4. The quantitative estimate of drug-likeness (QED) is 0.783. The van der Waals surface area contributed by atoms with Crippen LogP contribution in [0.3, 0.4) is 0 Å². The van der Waals surface area contributed by atoms with E-state index in [0.29, 0.717) is 6.04 Å². The highest BCUT2D eigenvalue weighted by Gasteiger charge is 2.20.